The van der Waals surface area contributed by atoms with Crippen LogP contribution in [0.5, 0.6) is 11.5 Å². The van der Waals surface area contributed by atoms with Crippen molar-refractivity contribution in [3.63, 3.8) is 0 Å². The molecule has 0 bridgehead atoms. The Bertz CT molecular complexity index is 2330. The molecular weight excluding hydrogens is 897 g/mol. The molecule has 2 atom stereocenters. The average Bonchev–Trinajstić information content (AvgIpc) is 3.53. The van der Waals surface area contributed by atoms with Crippen LogP contribution in [-0.4, -0.2) is 87.6 Å². The Hall–Kier alpha value is -6.07. The number of hydrogen-bond donors (Lipinski definition) is 3. The van der Waals surface area contributed by atoms with E-state index in [0.717, 1.165) is 16.4 Å². The summed E-state index contributed by atoms with van der Waals surface area (Å²) in [7, 11) is -2.94. The summed E-state index contributed by atoms with van der Waals surface area (Å²) < 4.78 is 18.4. The van der Waals surface area contributed by atoms with Gasteiger partial charge in [0.2, 0.25) is 0 Å². The van der Waals surface area contributed by atoms with Crippen LogP contribution < -0.4 is 14.2 Å². The fourth-order valence-electron chi connectivity index (χ4n) is 10.2. The predicted octanol–water partition coefficient (Wildman–Crippen LogP) is 11.3. The number of imide groups is 1. The van der Waals surface area contributed by atoms with Gasteiger partial charge in [0.1, 0.15) is 11.5 Å². The van der Waals surface area contributed by atoms with Crippen molar-refractivity contribution < 1.29 is 52.6 Å². The van der Waals surface area contributed by atoms with E-state index in [0.29, 0.717) is 55.5 Å². The third-order valence-electron chi connectivity index (χ3n) is 13.5. The lowest BCUT2D eigenvalue weighted by molar-refractivity contribution is -0.142. The first-order valence-electron chi connectivity index (χ1n) is 23.4. The minimum absolute atomic E-state index is 0.0137. The fourth-order valence-corrected chi connectivity index (χ4v) is 20.7. The van der Waals surface area contributed by atoms with Crippen LogP contribution in [0.25, 0.3) is 0 Å². The van der Waals surface area contributed by atoms with Crippen molar-refractivity contribution >= 4 is 52.3 Å². The molecule has 3 amide bonds. The molecule has 0 saturated heterocycles. The van der Waals surface area contributed by atoms with Crippen molar-refractivity contribution in [2.45, 2.75) is 128 Å². The van der Waals surface area contributed by atoms with Crippen LogP contribution in [0.1, 0.15) is 147 Å². The third-order valence-corrected chi connectivity index (χ3v) is 25.5. The molecule has 4 aromatic carbocycles. The minimum Gasteiger partial charge on any atom is -0.543 e. The van der Waals surface area contributed by atoms with Crippen molar-refractivity contribution in [1.29, 1.82) is 0 Å². The molecule has 366 valence electrons. The molecule has 13 nitrogen and oxygen atoms in total. The topological polar surface area (TPSA) is 186 Å². The molecule has 1 aliphatic heterocycles. The van der Waals surface area contributed by atoms with Crippen LogP contribution in [-0.2, 0) is 14.3 Å². The van der Waals surface area contributed by atoms with Gasteiger partial charge in [0.15, 0.2) is 0 Å². The predicted molar refractivity (Wildman–Crippen MR) is 269 cm³/mol. The molecule has 2 unspecified atom stereocenters. The Morgan fingerprint density at radius 1 is 0.544 bits per heavy atom. The Labute approximate surface area is 403 Å². The number of amides is 3. The number of carboxylic acid groups (broad SMARTS) is 2. The number of aliphatic carboxylic acids is 1. The number of benzene rings is 4. The Morgan fingerprint density at radius 3 is 1.26 bits per heavy atom. The first-order valence-corrected chi connectivity index (χ1v) is 27.7. The lowest BCUT2D eigenvalue weighted by atomic mass is 9.98. The molecule has 0 radical (unpaired) electrons. The molecule has 15 heteroatoms. The first-order chi connectivity index (χ1) is 31.9. The van der Waals surface area contributed by atoms with Gasteiger partial charge in [-0.15, -0.1) is 0 Å². The zero-order valence-corrected chi connectivity index (χ0v) is 43.8. The summed E-state index contributed by atoms with van der Waals surface area (Å²) in [6.45, 7) is 26.3. The Kier molecular flexibility index (Phi) is 18.7. The third kappa shape index (κ3) is 11.8. The number of rotatable bonds is 20. The molecule has 0 aliphatic carbocycles. The number of hydrogen-bond acceptors (Lipinski definition) is 9. The molecule has 0 spiro atoms. The summed E-state index contributed by atoms with van der Waals surface area (Å²) >= 11 is 0. The highest BCUT2D eigenvalue weighted by molar-refractivity contribution is 6.78. The van der Waals surface area contributed by atoms with Gasteiger partial charge in [-0.05, 0) is 92.9 Å². The number of carbonyl (C=O) groups excluding carboxylic acids is 4. The van der Waals surface area contributed by atoms with E-state index < -0.39 is 64.1 Å². The van der Waals surface area contributed by atoms with Gasteiger partial charge in [0.25, 0.3) is 34.4 Å². The molecule has 0 aromatic heterocycles. The van der Waals surface area contributed by atoms with E-state index in [1.54, 1.807) is 54.6 Å². The second-order valence-corrected chi connectivity index (χ2v) is 30.0. The second-order valence-electron chi connectivity index (χ2n) is 19.3. The van der Waals surface area contributed by atoms with Crippen molar-refractivity contribution in [3.05, 3.63) is 130 Å². The highest BCUT2D eigenvalue weighted by Crippen LogP contribution is 2.44. The SMILES string of the molecule is CC(C)[Si](Oc1ccc(C(CNC(=O)c2ccccc2C(=O)O)C(=O)O)cc1)(C(C)C)C(C)C.COC(=O)C(CN1C(=O)c2ccccc2C1=O)c1ccc(O[Si](C(C)C)(C(C)C)C(C)C)cc1. The van der Waals surface area contributed by atoms with Gasteiger partial charge in [-0.25, -0.2) is 4.79 Å². The van der Waals surface area contributed by atoms with Crippen LogP contribution in [0.15, 0.2) is 97.1 Å². The number of ether oxygens (including phenoxy) is 1. The van der Waals surface area contributed by atoms with E-state index in [1.165, 1.54) is 25.3 Å². The molecular formula is C53H70N2O11Si2. The normalized spacial score (nSPS) is 13.7. The highest BCUT2D eigenvalue weighted by atomic mass is 28.4. The molecule has 5 rings (SSSR count). The maximum Gasteiger partial charge on any atom is 0.336 e. The second kappa shape index (κ2) is 23.3. The highest BCUT2D eigenvalue weighted by Gasteiger charge is 2.48. The quantitative estimate of drug-likeness (QED) is 0.0435. The monoisotopic (exact) mass is 966 g/mol. The summed E-state index contributed by atoms with van der Waals surface area (Å²) in [6.07, 6.45) is 0. The van der Waals surface area contributed by atoms with E-state index in [-0.39, 0.29) is 24.2 Å². The number of aromatic carboxylic acids is 1. The number of nitrogens with zero attached hydrogens (tertiary/aromatic N) is 1. The smallest absolute Gasteiger partial charge is 0.336 e. The standard InChI is InChI=1S/C27H35NO5Si.C26H35NO6Si/c1-17(2)34(18(3)4,19(5)6)33-21-14-12-20(13-15-21)24(27(31)32-7)16-28-25(29)22-10-8-9-11-23(22)26(28)30;1-16(2)34(17(3)4,18(5)6)33-20-13-11-19(12-14-20)23(26(31)32)15-27-24(28)21-9-7-8-10-22(21)25(29)30/h8-15,17-19,24H,16H2,1-7H3;7-14,16-18,23H,15H2,1-6H3,(H,27,28)(H,29,30)(H,31,32). The fraction of sp³-hybridized carbons (Fsp3) is 0.434. The maximum atomic E-state index is 12.8. The minimum atomic E-state index is -2.14. The van der Waals surface area contributed by atoms with Gasteiger partial charge < -0.3 is 29.1 Å². The molecule has 1 heterocycles. The summed E-state index contributed by atoms with van der Waals surface area (Å²) in [6, 6.07) is 26.9. The van der Waals surface area contributed by atoms with Crippen LogP contribution in [0.3, 0.4) is 0 Å². The summed E-state index contributed by atoms with van der Waals surface area (Å²) in [5.74, 6) is -4.51. The maximum absolute atomic E-state index is 12.8. The number of methoxy groups -OCH3 is 1. The first kappa shape index (κ1) is 54.5. The van der Waals surface area contributed by atoms with E-state index in [2.05, 4.69) is 88.4 Å². The molecule has 68 heavy (non-hydrogen) atoms. The van der Waals surface area contributed by atoms with E-state index in [1.807, 2.05) is 24.3 Å². The Balaban J connectivity index is 0.000000297. The number of esters is 1. The molecule has 4 aromatic rings. The van der Waals surface area contributed by atoms with Gasteiger partial charge in [-0.1, -0.05) is 132 Å². The molecule has 0 fully saturated rings. The van der Waals surface area contributed by atoms with Gasteiger partial charge in [0.05, 0.1) is 41.2 Å². The van der Waals surface area contributed by atoms with Gasteiger partial charge in [-0.3, -0.25) is 28.9 Å². The average molecular weight is 967 g/mol. The van der Waals surface area contributed by atoms with E-state index >= 15 is 0 Å². The van der Waals surface area contributed by atoms with Crippen LogP contribution in [0, 0.1) is 0 Å². The molecule has 1 aliphatic rings. The number of nitrogens with one attached hydrogen (secondary N) is 1. The van der Waals surface area contributed by atoms with E-state index in [9.17, 15) is 39.0 Å². The number of carboxylic acids is 2. The van der Waals surface area contributed by atoms with Gasteiger partial charge >= 0.3 is 17.9 Å². The van der Waals surface area contributed by atoms with E-state index in [4.69, 9.17) is 13.6 Å². The van der Waals surface area contributed by atoms with Crippen molar-refractivity contribution in [3.8, 4) is 11.5 Å². The number of fused-ring (bicyclic) bond motifs is 1. The van der Waals surface area contributed by atoms with Crippen LogP contribution >= 0.6 is 0 Å². The number of carbonyl (C=O) groups is 6. The van der Waals surface area contributed by atoms with Crippen molar-refractivity contribution in [2.24, 2.45) is 0 Å². The largest absolute Gasteiger partial charge is 0.543 e. The van der Waals surface area contributed by atoms with Crippen LogP contribution in [0.2, 0.25) is 33.2 Å². The summed E-state index contributed by atoms with van der Waals surface area (Å²) in [4.78, 5) is 75.3. The van der Waals surface area contributed by atoms with Crippen molar-refractivity contribution in [2.75, 3.05) is 20.2 Å². The Morgan fingerprint density at radius 2 is 0.912 bits per heavy atom. The van der Waals surface area contributed by atoms with Gasteiger partial charge in [0, 0.05) is 13.1 Å². The lowest BCUT2D eigenvalue weighted by Crippen LogP contribution is -2.50. The van der Waals surface area contributed by atoms with Crippen LogP contribution in [0.4, 0.5) is 0 Å². The van der Waals surface area contributed by atoms with Gasteiger partial charge in [-0.2, -0.15) is 0 Å². The zero-order chi connectivity index (χ0) is 50.8. The summed E-state index contributed by atoms with van der Waals surface area (Å²) in [5.41, 5.74) is 4.28. The molecule has 3 N–H and O–H groups in total. The lowest BCUT2D eigenvalue weighted by Gasteiger charge is -2.42. The zero-order valence-electron chi connectivity index (χ0n) is 41.8. The van der Waals surface area contributed by atoms with Crippen molar-refractivity contribution in [1.82, 2.24) is 10.2 Å². The molecule has 0 saturated carbocycles. The summed E-state index contributed by atoms with van der Waals surface area (Å²) in [5, 5.41) is 21.6.